The predicted molar refractivity (Wildman–Crippen MR) is 86.3 cm³/mol. The van der Waals surface area contributed by atoms with Gasteiger partial charge in [0.05, 0.1) is 11.1 Å². The van der Waals surface area contributed by atoms with Crippen LogP contribution in [0.5, 0.6) is 5.75 Å². The monoisotopic (exact) mass is 342 g/mol. The second kappa shape index (κ2) is 6.35. The maximum Gasteiger partial charge on any atom is 0.262 e. The topological polar surface area (TPSA) is 89.7 Å². The van der Waals surface area contributed by atoms with Gasteiger partial charge in [-0.15, -0.1) is 0 Å². The van der Waals surface area contributed by atoms with Crippen LogP contribution in [0.15, 0.2) is 42.5 Å². The molecule has 1 unspecified atom stereocenters. The van der Waals surface area contributed by atoms with Crippen LogP contribution in [0, 0.1) is 5.82 Å². The van der Waals surface area contributed by atoms with Crippen molar-refractivity contribution in [1.82, 2.24) is 4.90 Å². The van der Waals surface area contributed by atoms with Crippen molar-refractivity contribution in [3.05, 3.63) is 65.0 Å². The second-order valence-corrected chi connectivity index (χ2v) is 5.68. The van der Waals surface area contributed by atoms with E-state index in [1.807, 2.05) is 0 Å². The van der Waals surface area contributed by atoms with E-state index in [0.29, 0.717) is 5.75 Å². The maximum absolute atomic E-state index is 12.9. The fourth-order valence-electron chi connectivity index (χ4n) is 2.55. The van der Waals surface area contributed by atoms with E-state index in [2.05, 4.69) is 0 Å². The van der Waals surface area contributed by atoms with Gasteiger partial charge in [-0.3, -0.25) is 19.3 Å². The molecule has 0 aromatic heterocycles. The van der Waals surface area contributed by atoms with Crippen LogP contribution < -0.4 is 10.5 Å². The number of hydrogen-bond acceptors (Lipinski definition) is 4. The average Bonchev–Trinajstić information content (AvgIpc) is 2.84. The number of carbonyl (C=O) groups excluding carboxylic acids is 3. The van der Waals surface area contributed by atoms with E-state index in [4.69, 9.17) is 10.5 Å². The van der Waals surface area contributed by atoms with Crippen LogP contribution in [-0.2, 0) is 11.4 Å². The molecule has 25 heavy (non-hydrogen) atoms. The van der Waals surface area contributed by atoms with E-state index in [0.717, 1.165) is 10.5 Å². The summed E-state index contributed by atoms with van der Waals surface area (Å²) < 4.78 is 18.5. The van der Waals surface area contributed by atoms with Gasteiger partial charge in [-0.25, -0.2) is 4.39 Å². The summed E-state index contributed by atoms with van der Waals surface area (Å²) in [5.74, 6) is -1.86. The number of nitrogens with zero attached hydrogens (tertiary/aromatic N) is 1. The van der Waals surface area contributed by atoms with Gasteiger partial charge in [0.15, 0.2) is 0 Å². The maximum atomic E-state index is 12.9. The van der Waals surface area contributed by atoms with Crippen molar-refractivity contribution in [3.63, 3.8) is 0 Å². The third kappa shape index (κ3) is 3.08. The van der Waals surface area contributed by atoms with Crippen molar-refractivity contribution >= 4 is 17.7 Å². The number of nitrogens with two attached hydrogens (primary N) is 1. The number of hydrogen-bond donors (Lipinski definition) is 1. The third-order valence-corrected chi connectivity index (χ3v) is 4.01. The van der Waals surface area contributed by atoms with E-state index in [1.54, 1.807) is 18.2 Å². The highest BCUT2D eigenvalue weighted by Crippen LogP contribution is 2.28. The molecule has 0 spiro atoms. The first kappa shape index (κ1) is 16.6. The summed E-state index contributed by atoms with van der Waals surface area (Å²) in [6.45, 7) is 1.58. The Balaban J connectivity index is 1.79. The summed E-state index contributed by atoms with van der Waals surface area (Å²) >= 11 is 0. The number of benzene rings is 2. The minimum Gasteiger partial charge on any atom is -0.489 e. The molecule has 2 aromatic carbocycles. The molecule has 7 heteroatoms. The number of rotatable bonds is 5. The molecular formula is C18H15FN2O4. The molecule has 3 rings (SSSR count). The number of amides is 3. The molecule has 1 atom stereocenters. The van der Waals surface area contributed by atoms with Crippen LogP contribution >= 0.6 is 0 Å². The van der Waals surface area contributed by atoms with Crippen molar-refractivity contribution in [1.29, 1.82) is 0 Å². The fourth-order valence-corrected chi connectivity index (χ4v) is 2.55. The van der Waals surface area contributed by atoms with Gasteiger partial charge in [0.2, 0.25) is 5.91 Å². The van der Waals surface area contributed by atoms with Crippen LogP contribution in [0.2, 0.25) is 0 Å². The molecule has 2 aromatic rings. The van der Waals surface area contributed by atoms with Crippen molar-refractivity contribution in [2.75, 3.05) is 0 Å². The first-order chi connectivity index (χ1) is 11.9. The van der Waals surface area contributed by atoms with Crippen LogP contribution in [0.1, 0.15) is 33.2 Å². The lowest BCUT2D eigenvalue weighted by atomic mass is 10.1. The van der Waals surface area contributed by atoms with Crippen LogP contribution in [0.3, 0.4) is 0 Å². The Labute approximate surface area is 143 Å². The Kier molecular flexibility index (Phi) is 4.22. The molecule has 3 amide bonds. The van der Waals surface area contributed by atoms with Gasteiger partial charge >= 0.3 is 0 Å². The Morgan fingerprint density at radius 3 is 2.40 bits per heavy atom. The van der Waals surface area contributed by atoms with Crippen molar-refractivity contribution in [2.45, 2.75) is 19.6 Å². The summed E-state index contributed by atoms with van der Waals surface area (Å²) in [4.78, 5) is 36.9. The molecule has 0 fully saturated rings. The van der Waals surface area contributed by atoms with Gasteiger partial charge in [0.1, 0.15) is 24.2 Å². The van der Waals surface area contributed by atoms with Gasteiger partial charge in [-0.2, -0.15) is 0 Å². The quantitative estimate of drug-likeness (QED) is 0.840. The van der Waals surface area contributed by atoms with Gasteiger partial charge in [-0.05, 0) is 42.8 Å². The fraction of sp³-hybridized carbons (Fsp3) is 0.167. The lowest BCUT2D eigenvalue weighted by Gasteiger charge is -2.18. The zero-order valence-corrected chi connectivity index (χ0v) is 13.4. The van der Waals surface area contributed by atoms with Gasteiger partial charge in [-0.1, -0.05) is 12.1 Å². The van der Waals surface area contributed by atoms with Crippen LogP contribution in [-0.4, -0.2) is 28.7 Å². The highest BCUT2D eigenvalue weighted by Gasteiger charge is 2.40. The summed E-state index contributed by atoms with van der Waals surface area (Å²) in [5.41, 5.74) is 6.31. The number of primary amides is 1. The molecule has 0 bridgehead atoms. The number of carbonyl (C=O) groups is 3. The predicted octanol–water partition coefficient (Wildman–Crippen LogP) is 1.87. The molecule has 0 radical (unpaired) electrons. The number of ether oxygens (including phenoxy) is 1. The molecular weight excluding hydrogens is 327 g/mol. The van der Waals surface area contributed by atoms with E-state index in [1.165, 1.54) is 31.2 Å². The summed E-state index contributed by atoms with van der Waals surface area (Å²) in [7, 11) is 0. The van der Waals surface area contributed by atoms with Gasteiger partial charge < -0.3 is 10.5 Å². The number of fused-ring (bicyclic) bond motifs is 1. The first-order valence-electron chi connectivity index (χ1n) is 7.57. The van der Waals surface area contributed by atoms with Gasteiger partial charge in [0.25, 0.3) is 11.8 Å². The molecule has 0 saturated carbocycles. The summed E-state index contributed by atoms with van der Waals surface area (Å²) in [5, 5.41) is 0. The van der Waals surface area contributed by atoms with Crippen molar-refractivity contribution in [2.24, 2.45) is 5.73 Å². The van der Waals surface area contributed by atoms with E-state index >= 15 is 0 Å². The summed E-state index contributed by atoms with van der Waals surface area (Å²) in [6.07, 6.45) is 0. The smallest absolute Gasteiger partial charge is 0.262 e. The average molecular weight is 342 g/mol. The Morgan fingerprint density at radius 1 is 1.12 bits per heavy atom. The van der Waals surface area contributed by atoms with E-state index in [9.17, 15) is 18.8 Å². The Bertz CT molecular complexity index is 864. The molecule has 128 valence electrons. The molecule has 1 heterocycles. The SMILES string of the molecule is CC(C(N)=O)N1C(=O)c2ccc(OCc3ccc(F)cc3)cc2C1=O. The molecule has 6 nitrogen and oxygen atoms in total. The van der Waals surface area contributed by atoms with E-state index < -0.39 is 23.8 Å². The van der Waals surface area contributed by atoms with E-state index in [-0.39, 0.29) is 23.6 Å². The van der Waals surface area contributed by atoms with Crippen LogP contribution in [0.4, 0.5) is 4.39 Å². The lowest BCUT2D eigenvalue weighted by molar-refractivity contribution is -0.121. The second-order valence-electron chi connectivity index (χ2n) is 5.68. The highest BCUT2D eigenvalue weighted by molar-refractivity contribution is 6.22. The Morgan fingerprint density at radius 2 is 1.76 bits per heavy atom. The molecule has 0 saturated heterocycles. The Hall–Kier alpha value is -3.22. The highest BCUT2D eigenvalue weighted by atomic mass is 19.1. The first-order valence-corrected chi connectivity index (χ1v) is 7.57. The zero-order valence-electron chi connectivity index (χ0n) is 13.4. The van der Waals surface area contributed by atoms with Crippen molar-refractivity contribution in [3.8, 4) is 5.75 Å². The normalized spacial score (nSPS) is 14.4. The van der Waals surface area contributed by atoms with Crippen LogP contribution in [0.25, 0.3) is 0 Å². The number of halogens is 1. The third-order valence-electron chi connectivity index (χ3n) is 4.01. The number of imide groups is 1. The minimum atomic E-state index is -1.03. The largest absolute Gasteiger partial charge is 0.489 e. The molecule has 1 aliphatic rings. The molecule has 0 aliphatic carbocycles. The standard InChI is InChI=1S/C18H15FN2O4/c1-10(16(20)22)21-17(23)14-7-6-13(8-15(14)18(21)24)25-9-11-2-4-12(19)5-3-11/h2-8,10H,9H2,1H3,(H2,20,22). The minimum absolute atomic E-state index is 0.162. The summed E-state index contributed by atoms with van der Waals surface area (Å²) in [6, 6.07) is 9.29. The molecule has 1 aliphatic heterocycles. The van der Waals surface area contributed by atoms with Crippen molar-refractivity contribution < 1.29 is 23.5 Å². The zero-order chi connectivity index (χ0) is 18.1. The van der Waals surface area contributed by atoms with Gasteiger partial charge in [0, 0.05) is 0 Å². The lowest BCUT2D eigenvalue weighted by Crippen LogP contribution is -2.45. The molecule has 2 N–H and O–H groups in total.